The van der Waals surface area contributed by atoms with E-state index in [1.54, 1.807) is 30.3 Å². The van der Waals surface area contributed by atoms with Crippen molar-refractivity contribution in [2.45, 2.75) is 25.3 Å². The molecule has 0 fully saturated rings. The van der Waals surface area contributed by atoms with Crippen LogP contribution in [0.2, 0.25) is 0 Å². The van der Waals surface area contributed by atoms with E-state index >= 15 is 0 Å². The minimum Gasteiger partial charge on any atom is -0.481 e. The minimum absolute atomic E-state index is 0.0930. The molecule has 2 aromatic carbocycles. The Balaban J connectivity index is 1.90. The molecule has 27 heavy (non-hydrogen) atoms. The number of sulfone groups is 1. The molecule has 0 aliphatic carbocycles. The fraction of sp³-hybridized carbons (Fsp3) is 0.300. The van der Waals surface area contributed by atoms with Crippen molar-refractivity contribution in [3.63, 3.8) is 0 Å². The van der Waals surface area contributed by atoms with Crippen molar-refractivity contribution in [2.24, 2.45) is 0 Å². The van der Waals surface area contributed by atoms with E-state index in [0.29, 0.717) is 18.4 Å². The summed E-state index contributed by atoms with van der Waals surface area (Å²) >= 11 is 0. The van der Waals surface area contributed by atoms with Crippen LogP contribution >= 0.6 is 0 Å². The maximum absolute atomic E-state index is 12.2. The Morgan fingerprint density at radius 3 is 2.15 bits per heavy atom. The molecule has 0 radical (unpaired) electrons. The monoisotopic (exact) mass is 389 g/mol. The van der Waals surface area contributed by atoms with Crippen LogP contribution < -0.4 is 5.32 Å². The molecule has 0 saturated heterocycles. The molecule has 1 amide bonds. The lowest BCUT2D eigenvalue weighted by Crippen LogP contribution is -2.35. The van der Waals surface area contributed by atoms with Crippen molar-refractivity contribution >= 4 is 21.7 Å². The number of carbonyl (C=O) groups excluding carboxylic acids is 1. The van der Waals surface area contributed by atoms with Crippen LogP contribution in [0, 0.1) is 0 Å². The van der Waals surface area contributed by atoms with Crippen LogP contribution in [0.3, 0.4) is 0 Å². The summed E-state index contributed by atoms with van der Waals surface area (Å²) in [6.45, 7) is 0. The number of aryl methyl sites for hydroxylation is 1. The average molecular weight is 389 g/mol. The standard InChI is InChI=1S/C20H23NO5S/c22-19(21-18(14-20(23)24)17-11-5-2-6-12-17)15-27(25,26)13-7-10-16-8-3-1-4-9-16/h1-6,8-9,11-12,18H,7,10,13-15H2,(H,21,22)(H,23,24). The molecular formula is C20H23NO5S. The van der Waals surface area contributed by atoms with Crippen LogP contribution in [0.15, 0.2) is 60.7 Å². The minimum atomic E-state index is -3.57. The summed E-state index contributed by atoms with van der Waals surface area (Å²) in [5.41, 5.74) is 1.66. The third kappa shape index (κ3) is 7.62. The topological polar surface area (TPSA) is 101 Å². The zero-order chi connectivity index (χ0) is 19.7. The van der Waals surface area contributed by atoms with Gasteiger partial charge in [0.15, 0.2) is 9.84 Å². The zero-order valence-corrected chi connectivity index (χ0v) is 15.7. The molecule has 0 aliphatic heterocycles. The molecule has 2 N–H and O–H groups in total. The molecule has 0 spiro atoms. The number of hydrogen-bond acceptors (Lipinski definition) is 4. The Morgan fingerprint density at radius 2 is 1.56 bits per heavy atom. The van der Waals surface area contributed by atoms with E-state index in [0.717, 1.165) is 5.56 Å². The first kappa shape index (κ1) is 20.6. The Bertz CT molecular complexity index is 850. The van der Waals surface area contributed by atoms with Crippen molar-refractivity contribution in [1.82, 2.24) is 5.32 Å². The highest BCUT2D eigenvalue weighted by atomic mass is 32.2. The number of rotatable bonds is 10. The molecule has 7 heteroatoms. The highest BCUT2D eigenvalue weighted by Gasteiger charge is 2.22. The summed E-state index contributed by atoms with van der Waals surface area (Å²) in [7, 11) is -3.57. The second-order valence-corrected chi connectivity index (χ2v) is 8.49. The van der Waals surface area contributed by atoms with Gasteiger partial charge in [-0.3, -0.25) is 9.59 Å². The van der Waals surface area contributed by atoms with Crippen LogP contribution in [0.4, 0.5) is 0 Å². The van der Waals surface area contributed by atoms with Gasteiger partial charge in [0.25, 0.3) is 0 Å². The molecule has 1 atom stereocenters. The number of carbonyl (C=O) groups is 2. The third-order valence-corrected chi connectivity index (χ3v) is 5.64. The maximum atomic E-state index is 12.2. The van der Waals surface area contributed by atoms with Gasteiger partial charge in [-0.25, -0.2) is 8.42 Å². The molecule has 2 aromatic rings. The third-order valence-electron chi connectivity index (χ3n) is 4.03. The van der Waals surface area contributed by atoms with Gasteiger partial charge in [0.2, 0.25) is 5.91 Å². The van der Waals surface area contributed by atoms with Crippen molar-refractivity contribution in [3.05, 3.63) is 71.8 Å². The lowest BCUT2D eigenvalue weighted by molar-refractivity contribution is -0.137. The summed E-state index contributed by atoms with van der Waals surface area (Å²) in [5, 5.41) is 11.6. The normalized spacial score (nSPS) is 12.3. The number of hydrogen-bond donors (Lipinski definition) is 2. The van der Waals surface area contributed by atoms with E-state index in [2.05, 4.69) is 5.32 Å². The zero-order valence-electron chi connectivity index (χ0n) is 14.9. The second-order valence-electron chi connectivity index (χ2n) is 6.31. The first-order chi connectivity index (χ1) is 12.9. The summed E-state index contributed by atoms with van der Waals surface area (Å²) in [5.74, 6) is -2.51. The smallest absolute Gasteiger partial charge is 0.305 e. The van der Waals surface area contributed by atoms with Crippen molar-refractivity contribution in [1.29, 1.82) is 0 Å². The highest BCUT2D eigenvalue weighted by Crippen LogP contribution is 2.16. The summed E-state index contributed by atoms with van der Waals surface area (Å²) < 4.78 is 24.4. The van der Waals surface area contributed by atoms with Gasteiger partial charge in [0.05, 0.1) is 18.2 Å². The SMILES string of the molecule is O=C(O)CC(NC(=O)CS(=O)(=O)CCCc1ccccc1)c1ccccc1. The molecule has 0 saturated carbocycles. The fourth-order valence-electron chi connectivity index (χ4n) is 2.76. The van der Waals surface area contributed by atoms with E-state index in [4.69, 9.17) is 5.11 Å². The van der Waals surface area contributed by atoms with Crippen LogP contribution in [0.1, 0.15) is 30.0 Å². The molecule has 0 aliphatic rings. The summed E-state index contributed by atoms with van der Waals surface area (Å²) in [6, 6.07) is 17.4. The number of benzene rings is 2. The predicted molar refractivity (Wildman–Crippen MR) is 103 cm³/mol. The van der Waals surface area contributed by atoms with E-state index in [1.807, 2.05) is 30.3 Å². The Hall–Kier alpha value is -2.67. The van der Waals surface area contributed by atoms with Gasteiger partial charge >= 0.3 is 5.97 Å². The molecule has 0 heterocycles. The molecule has 0 aromatic heterocycles. The molecule has 1 unspecified atom stereocenters. The molecule has 6 nitrogen and oxygen atoms in total. The van der Waals surface area contributed by atoms with E-state index in [-0.39, 0.29) is 12.2 Å². The van der Waals surface area contributed by atoms with Crippen molar-refractivity contribution in [3.8, 4) is 0 Å². The molecule has 144 valence electrons. The molecule has 2 rings (SSSR count). The van der Waals surface area contributed by atoms with Gasteiger partial charge in [-0.05, 0) is 24.0 Å². The molecule has 0 bridgehead atoms. The van der Waals surface area contributed by atoms with Crippen LogP contribution in [0.5, 0.6) is 0 Å². The van der Waals surface area contributed by atoms with E-state index < -0.39 is 33.5 Å². The van der Waals surface area contributed by atoms with E-state index in [9.17, 15) is 18.0 Å². The average Bonchev–Trinajstić information content (AvgIpc) is 2.62. The Labute approximate surface area is 159 Å². The van der Waals surface area contributed by atoms with Crippen LogP contribution in [0.25, 0.3) is 0 Å². The van der Waals surface area contributed by atoms with Crippen molar-refractivity contribution < 1.29 is 23.1 Å². The van der Waals surface area contributed by atoms with Crippen LogP contribution in [-0.4, -0.2) is 36.9 Å². The highest BCUT2D eigenvalue weighted by molar-refractivity contribution is 7.92. The maximum Gasteiger partial charge on any atom is 0.305 e. The van der Waals surface area contributed by atoms with Crippen molar-refractivity contribution in [2.75, 3.05) is 11.5 Å². The van der Waals surface area contributed by atoms with Crippen LogP contribution in [-0.2, 0) is 25.8 Å². The predicted octanol–water partition coefficient (Wildman–Crippen LogP) is 2.37. The molecular weight excluding hydrogens is 366 g/mol. The Morgan fingerprint density at radius 1 is 0.963 bits per heavy atom. The van der Waals surface area contributed by atoms with Gasteiger partial charge in [-0.1, -0.05) is 60.7 Å². The number of nitrogens with one attached hydrogen (secondary N) is 1. The summed E-state index contributed by atoms with van der Waals surface area (Å²) in [6.07, 6.45) is 0.730. The number of aliphatic carboxylic acids is 1. The second kappa shape index (κ2) is 9.87. The van der Waals surface area contributed by atoms with Gasteiger partial charge in [0, 0.05) is 0 Å². The number of amides is 1. The van der Waals surface area contributed by atoms with E-state index in [1.165, 1.54) is 0 Å². The fourth-order valence-corrected chi connectivity index (χ4v) is 3.97. The number of carboxylic acids is 1. The quantitative estimate of drug-likeness (QED) is 0.650. The first-order valence-electron chi connectivity index (χ1n) is 8.66. The lowest BCUT2D eigenvalue weighted by atomic mass is 10.0. The largest absolute Gasteiger partial charge is 0.481 e. The summed E-state index contributed by atoms with van der Waals surface area (Å²) in [4.78, 5) is 23.2. The van der Waals surface area contributed by atoms with Gasteiger partial charge < -0.3 is 10.4 Å². The van der Waals surface area contributed by atoms with Gasteiger partial charge in [0.1, 0.15) is 5.75 Å². The first-order valence-corrected chi connectivity index (χ1v) is 10.5. The van der Waals surface area contributed by atoms with Gasteiger partial charge in [-0.2, -0.15) is 0 Å². The number of carboxylic acid groups (broad SMARTS) is 1. The Kier molecular flexibility index (Phi) is 7.55. The van der Waals surface area contributed by atoms with Gasteiger partial charge in [-0.15, -0.1) is 0 Å². The lowest BCUT2D eigenvalue weighted by Gasteiger charge is -2.17.